The average Bonchev–Trinajstić information content (AvgIpc) is 2.52. The van der Waals surface area contributed by atoms with Crippen molar-refractivity contribution in [3.05, 3.63) is 42.0 Å². The van der Waals surface area contributed by atoms with Crippen molar-refractivity contribution in [3.63, 3.8) is 0 Å². The Morgan fingerprint density at radius 2 is 1.88 bits per heavy atom. The first-order valence-corrected chi connectivity index (χ1v) is 7.85. The van der Waals surface area contributed by atoms with Gasteiger partial charge in [0.1, 0.15) is 5.75 Å². The highest BCUT2D eigenvalue weighted by Gasteiger charge is 2.09. The van der Waals surface area contributed by atoms with Crippen LogP contribution in [0.15, 0.2) is 36.4 Å². The molecule has 0 radical (unpaired) electrons. The molecule has 2 aromatic carbocycles. The molecular formula is C18H27Cl2N3O2. The van der Waals surface area contributed by atoms with E-state index < -0.39 is 5.91 Å². The van der Waals surface area contributed by atoms with E-state index >= 15 is 0 Å². The number of rotatable bonds is 9. The van der Waals surface area contributed by atoms with Gasteiger partial charge in [0.05, 0.1) is 0 Å². The largest absolute Gasteiger partial charge is 0.483 e. The summed E-state index contributed by atoms with van der Waals surface area (Å²) in [5.74, 6) is 0.241. The zero-order valence-corrected chi connectivity index (χ0v) is 16.3. The number of hydrogen-bond acceptors (Lipinski definition) is 4. The van der Waals surface area contributed by atoms with Crippen LogP contribution in [-0.4, -0.2) is 44.6 Å². The number of ether oxygens (including phenoxy) is 1. The highest BCUT2D eigenvalue weighted by Crippen LogP contribution is 2.28. The Balaban J connectivity index is 0.00000288. The molecule has 1 amide bonds. The monoisotopic (exact) mass is 387 g/mol. The molecule has 25 heavy (non-hydrogen) atoms. The minimum atomic E-state index is -0.469. The van der Waals surface area contributed by atoms with Crippen molar-refractivity contribution in [2.24, 2.45) is 5.73 Å². The van der Waals surface area contributed by atoms with Crippen molar-refractivity contribution >= 4 is 41.5 Å². The van der Waals surface area contributed by atoms with Crippen LogP contribution < -0.4 is 15.8 Å². The third kappa shape index (κ3) is 7.48. The summed E-state index contributed by atoms with van der Waals surface area (Å²) < 4.78 is 5.58. The van der Waals surface area contributed by atoms with Crippen molar-refractivity contribution in [2.75, 3.05) is 33.8 Å². The Labute approximate surface area is 161 Å². The first kappa shape index (κ1) is 23.5. The van der Waals surface area contributed by atoms with E-state index in [0.717, 1.165) is 35.8 Å². The van der Waals surface area contributed by atoms with Crippen LogP contribution >= 0.6 is 24.8 Å². The molecule has 0 fully saturated rings. The Bertz CT molecular complexity index is 666. The van der Waals surface area contributed by atoms with E-state index in [2.05, 4.69) is 36.4 Å². The minimum Gasteiger partial charge on any atom is -0.483 e. The molecule has 0 atom stereocenters. The van der Waals surface area contributed by atoms with Gasteiger partial charge in [0.25, 0.3) is 5.91 Å². The van der Waals surface area contributed by atoms with Gasteiger partial charge in [-0.25, -0.2) is 0 Å². The van der Waals surface area contributed by atoms with Crippen LogP contribution in [0.4, 0.5) is 0 Å². The fourth-order valence-corrected chi connectivity index (χ4v) is 2.52. The van der Waals surface area contributed by atoms with E-state index in [1.165, 1.54) is 0 Å². The van der Waals surface area contributed by atoms with Crippen LogP contribution in [0.5, 0.6) is 5.75 Å². The molecule has 0 unspecified atom stereocenters. The minimum absolute atomic E-state index is 0. The number of benzene rings is 2. The number of carbonyl (C=O) groups excluding carboxylic acids is 1. The molecule has 0 aromatic heterocycles. The van der Waals surface area contributed by atoms with E-state index in [0.29, 0.717) is 12.3 Å². The lowest BCUT2D eigenvalue weighted by Gasteiger charge is -2.15. The van der Waals surface area contributed by atoms with Gasteiger partial charge in [0.2, 0.25) is 0 Å². The van der Waals surface area contributed by atoms with Gasteiger partial charge >= 0.3 is 0 Å². The Morgan fingerprint density at radius 3 is 2.56 bits per heavy atom. The molecule has 3 N–H and O–H groups in total. The second kappa shape index (κ2) is 11.9. The zero-order chi connectivity index (χ0) is 16.7. The molecule has 0 saturated carbocycles. The molecule has 0 aliphatic carbocycles. The number of primary amides is 1. The molecule has 0 aliphatic rings. The average molecular weight is 388 g/mol. The number of halogens is 2. The number of nitrogens with two attached hydrogens (primary N) is 1. The van der Waals surface area contributed by atoms with E-state index in [4.69, 9.17) is 10.5 Å². The van der Waals surface area contributed by atoms with E-state index in [9.17, 15) is 4.79 Å². The van der Waals surface area contributed by atoms with Crippen molar-refractivity contribution in [1.29, 1.82) is 0 Å². The standard InChI is InChI=1S/C18H25N3O2.2ClH/c1-21(2)11-5-10-20-12-16-15-7-4-3-6-14(15)8-9-17(16)23-13-18(19)22;;/h3-4,6-9,20H,5,10-13H2,1-2H3,(H2,19,22);2*1H. The summed E-state index contributed by atoms with van der Waals surface area (Å²) in [6, 6.07) is 12.1. The van der Waals surface area contributed by atoms with Gasteiger partial charge in [0.15, 0.2) is 6.61 Å². The van der Waals surface area contributed by atoms with Crippen molar-refractivity contribution in [1.82, 2.24) is 10.2 Å². The summed E-state index contributed by atoms with van der Waals surface area (Å²) in [5.41, 5.74) is 6.25. The second-order valence-corrected chi connectivity index (χ2v) is 5.85. The molecule has 2 aromatic rings. The molecule has 0 spiro atoms. The molecule has 0 bridgehead atoms. The summed E-state index contributed by atoms with van der Waals surface area (Å²) in [5, 5.41) is 5.74. The van der Waals surface area contributed by atoms with Crippen LogP contribution in [0, 0.1) is 0 Å². The topological polar surface area (TPSA) is 67.6 Å². The van der Waals surface area contributed by atoms with Crippen LogP contribution in [0.1, 0.15) is 12.0 Å². The van der Waals surface area contributed by atoms with Crippen LogP contribution in [0.3, 0.4) is 0 Å². The van der Waals surface area contributed by atoms with Gasteiger partial charge in [-0.1, -0.05) is 30.3 Å². The molecule has 140 valence electrons. The fourth-order valence-electron chi connectivity index (χ4n) is 2.52. The van der Waals surface area contributed by atoms with Gasteiger partial charge < -0.3 is 20.7 Å². The van der Waals surface area contributed by atoms with Crippen molar-refractivity contribution < 1.29 is 9.53 Å². The molecule has 0 saturated heterocycles. The van der Waals surface area contributed by atoms with Crippen LogP contribution in [0.2, 0.25) is 0 Å². The van der Waals surface area contributed by atoms with Crippen LogP contribution in [0.25, 0.3) is 10.8 Å². The van der Waals surface area contributed by atoms with E-state index in [1.807, 2.05) is 24.3 Å². The predicted octanol–water partition coefficient (Wildman–Crippen LogP) is 2.59. The lowest BCUT2D eigenvalue weighted by Crippen LogP contribution is -2.23. The number of hydrogen-bond donors (Lipinski definition) is 2. The number of nitrogens with one attached hydrogen (secondary N) is 1. The molecule has 2 rings (SSSR count). The summed E-state index contributed by atoms with van der Waals surface area (Å²) in [6.45, 7) is 2.57. The van der Waals surface area contributed by atoms with Gasteiger partial charge in [-0.3, -0.25) is 4.79 Å². The SMILES string of the molecule is CN(C)CCCNCc1c(OCC(N)=O)ccc2ccccc12.Cl.Cl. The summed E-state index contributed by atoms with van der Waals surface area (Å²) in [4.78, 5) is 13.2. The molecule has 0 heterocycles. The Hall–Kier alpha value is -1.53. The molecule has 7 heteroatoms. The summed E-state index contributed by atoms with van der Waals surface area (Å²) in [6.07, 6.45) is 1.08. The zero-order valence-electron chi connectivity index (χ0n) is 14.7. The maximum absolute atomic E-state index is 11.0. The van der Waals surface area contributed by atoms with E-state index in [-0.39, 0.29) is 31.4 Å². The van der Waals surface area contributed by atoms with Crippen molar-refractivity contribution in [3.8, 4) is 5.75 Å². The number of fused-ring (bicyclic) bond motifs is 1. The number of carbonyl (C=O) groups is 1. The number of amides is 1. The third-order valence-electron chi connectivity index (χ3n) is 3.63. The highest BCUT2D eigenvalue weighted by atomic mass is 35.5. The van der Waals surface area contributed by atoms with Gasteiger partial charge in [-0.15, -0.1) is 24.8 Å². The maximum Gasteiger partial charge on any atom is 0.255 e. The fraction of sp³-hybridized carbons (Fsp3) is 0.389. The molecule has 5 nitrogen and oxygen atoms in total. The quantitative estimate of drug-likeness (QED) is 0.648. The van der Waals surface area contributed by atoms with Gasteiger partial charge in [-0.2, -0.15) is 0 Å². The van der Waals surface area contributed by atoms with E-state index in [1.54, 1.807) is 0 Å². The van der Waals surface area contributed by atoms with Crippen LogP contribution in [-0.2, 0) is 11.3 Å². The number of nitrogens with zero attached hydrogens (tertiary/aromatic N) is 1. The lowest BCUT2D eigenvalue weighted by molar-refractivity contribution is -0.119. The normalized spacial score (nSPS) is 10.2. The first-order valence-electron chi connectivity index (χ1n) is 7.85. The third-order valence-corrected chi connectivity index (χ3v) is 3.63. The molecule has 0 aliphatic heterocycles. The van der Waals surface area contributed by atoms with Crippen molar-refractivity contribution in [2.45, 2.75) is 13.0 Å². The summed E-state index contributed by atoms with van der Waals surface area (Å²) in [7, 11) is 4.14. The summed E-state index contributed by atoms with van der Waals surface area (Å²) >= 11 is 0. The smallest absolute Gasteiger partial charge is 0.255 e. The Morgan fingerprint density at radius 1 is 1.16 bits per heavy atom. The van der Waals surface area contributed by atoms with Gasteiger partial charge in [-0.05, 0) is 50.4 Å². The molecular weight excluding hydrogens is 361 g/mol. The highest BCUT2D eigenvalue weighted by molar-refractivity contribution is 5.88. The predicted molar refractivity (Wildman–Crippen MR) is 108 cm³/mol. The van der Waals surface area contributed by atoms with Gasteiger partial charge in [0, 0.05) is 12.1 Å². The first-order chi connectivity index (χ1) is 11.1. The Kier molecular flexibility index (Phi) is 11.2. The lowest BCUT2D eigenvalue weighted by atomic mass is 10.0. The second-order valence-electron chi connectivity index (χ2n) is 5.85. The maximum atomic E-state index is 11.0.